The van der Waals surface area contributed by atoms with Gasteiger partial charge in [0.25, 0.3) is 5.91 Å². The van der Waals surface area contributed by atoms with Crippen molar-refractivity contribution in [3.63, 3.8) is 0 Å². The summed E-state index contributed by atoms with van der Waals surface area (Å²) in [4.78, 5) is 33.6. The van der Waals surface area contributed by atoms with Gasteiger partial charge in [0.2, 0.25) is 0 Å². The molecule has 0 aliphatic heterocycles. The lowest BCUT2D eigenvalue weighted by Crippen LogP contribution is -2.20. The van der Waals surface area contributed by atoms with Crippen LogP contribution in [0.4, 0.5) is 16.2 Å². The van der Waals surface area contributed by atoms with Crippen LogP contribution in [0.25, 0.3) is 0 Å². The number of amides is 2. The average Bonchev–Trinajstić information content (AvgIpc) is 2.81. The van der Waals surface area contributed by atoms with Gasteiger partial charge in [0, 0.05) is 24.0 Å². The summed E-state index contributed by atoms with van der Waals surface area (Å²) in [6.07, 6.45) is -0.651. The summed E-state index contributed by atoms with van der Waals surface area (Å²) in [6, 6.07) is 9.74. The summed E-state index contributed by atoms with van der Waals surface area (Å²) in [5, 5.41) is 26.4. The van der Waals surface area contributed by atoms with Crippen LogP contribution >= 0.6 is 0 Å². The second-order valence-electron chi connectivity index (χ2n) is 7.07. The van der Waals surface area contributed by atoms with Gasteiger partial charge in [0.1, 0.15) is 13.2 Å². The molecule has 1 atom stereocenters. The smallest absolute Gasteiger partial charge is 0.411 e. The van der Waals surface area contributed by atoms with Gasteiger partial charge in [-0.2, -0.15) is 5.48 Å². The van der Waals surface area contributed by atoms with Crippen LogP contribution in [0.2, 0.25) is 0 Å². The van der Waals surface area contributed by atoms with Gasteiger partial charge in [0.15, 0.2) is 6.73 Å². The molecule has 11 heteroatoms. The number of ether oxygens (including phenoxy) is 1. The first kappa shape index (κ1) is 26.0. The number of carbonyl (C=O) groups excluding carboxylic acids is 2. The van der Waals surface area contributed by atoms with Crippen LogP contribution < -0.4 is 21.4 Å². The molecule has 0 aliphatic carbocycles. The number of hydroxylamine groups is 1. The molecule has 0 bridgehead atoms. The first-order valence-corrected chi connectivity index (χ1v) is 10.3. The van der Waals surface area contributed by atoms with Crippen molar-refractivity contribution in [2.75, 3.05) is 44.2 Å². The van der Waals surface area contributed by atoms with Crippen LogP contribution in [0.1, 0.15) is 33.1 Å². The Morgan fingerprint density at radius 2 is 1.73 bits per heavy atom. The molecule has 0 aliphatic rings. The summed E-state index contributed by atoms with van der Waals surface area (Å²) in [6.45, 7) is 3.48. The molecule has 33 heavy (non-hydrogen) atoms. The van der Waals surface area contributed by atoms with E-state index in [1.807, 2.05) is 18.5 Å². The zero-order valence-corrected chi connectivity index (χ0v) is 18.8. The van der Waals surface area contributed by atoms with E-state index in [1.165, 1.54) is 0 Å². The summed E-state index contributed by atoms with van der Waals surface area (Å²) < 4.78 is 5.04. The Kier molecular flexibility index (Phi) is 10.5. The monoisotopic (exact) mass is 462 g/mol. The van der Waals surface area contributed by atoms with Crippen LogP contribution in [0.5, 0.6) is 0 Å². The zero-order chi connectivity index (χ0) is 24.2. The number of aliphatic hydroxyl groups excluding tert-OH is 1. The molecule has 0 spiro atoms. The third-order valence-electron chi connectivity index (χ3n) is 4.75. The highest BCUT2D eigenvalue weighted by atomic mass is 17.2. The summed E-state index contributed by atoms with van der Waals surface area (Å²) in [5.41, 5.74) is 6.24. The maximum absolute atomic E-state index is 11.9. The average molecular weight is 463 g/mol. The van der Waals surface area contributed by atoms with Gasteiger partial charge >= 0.3 is 6.09 Å². The van der Waals surface area contributed by atoms with Crippen LogP contribution in [-0.4, -0.2) is 55.9 Å². The molecule has 11 nitrogen and oxygen atoms in total. The maximum atomic E-state index is 11.9. The normalized spacial score (nSPS) is 11.5. The number of aryl methyl sites for hydroxylation is 2. The molecule has 0 radical (unpaired) electrons. The number of nitrogens with one attached hydrogen (secondary N) is 4. The quantitative estimate of drug-likeness (QED) is 0.121. The molecule has 0 aromatic heterocycles. The second kappa shape index (κ2) is 13.4. The van der Waals surface area contributed by atoms with E-state index in [-0.39, 0.29) is 32.5 Å². The van der Waals surface area contributed by atoms with Crippen LogP contribution in [0, 0.1) is 13.8 Å². The van der Waals surface area contributed by atoms with Gasteiger partial charge < -0.3 is 25.7 Å². The topological polar surface area (TPSA) is 150 Å². The van der Waals surface area contributed by atoms with Gasteiger partial charge in [-0.05, 0) is 54.8 Å². The van der Waals surface area contributed by atoms with Crippen molar-refractivity contribution < 1.29 is 34.4 Å². The number of anilines is 2. The molecule has 2 rings (SSSR count). The highest BCUT2D eigenvalue weighted by Gasteiger charge is 2.11. The van der Waals surface area contributed by atoms with Crippen LogP contribution in [0.15, 0.2) is 36.4 Å². The number of hydrogen-bond acceptors (Lipinski definition) is 9. The minimum Gasteiger partial charge on any atom is -0.447 e. The Morgan fingerprint density at radius 3 is 2.36 bits per heavy atom. The first-order chi connectivity index (χ1) is 15.9. The first-order valence-electron chi connectivity index (χ1n) is 10.3. The molecule has 2 amide bonds. The maximum Gasteiger partial charge on any atom is 0.411 e. The highest BCUT2D eigenvalue weighted by molar-refractivity contribution is 5.95. The largest absolute Gasteiger partial charge is 0.447 e. The van der Waals surface area contributed by atoms with Crippen molar-refractivity contribution in [2.24, 2.45) is 0 Å². The predicted molar refractivity (Wildman–Crippen MR) is 121 cm³/mol. The molecule has 0 saturated carbocycles. The van der Waals surface area contributed by atoms with E-state index in [4.69, 9.17) is 19.7 Å². The Labute approximate surface area is 191 Å². The fourth-order valence-corrected chi connectivity index (χ4v) is 2.93. The second-order valence-corrected chi connectivity index (χ2v) is 7.07. The lowest BCUT2D eigenvalue weighted by molar-refractivity contribution is -0.292. The van der Waals surface area contributed by atoms with E-state index in [1.54, 1.807) is 44.3 Å². The molecule has 2 aromatic carbocycles. The van der Waals surface area contributed by atoms with Crippen molar-refractivity contribution in [3.05, 3.63) is 58.7 Å². The number of rotatable bonds is 12. The summed E-state index contributed by atoms with van der Waals surface area (Å²) >= 11 is 0. The van der Waals surface area contributed by atoms with Crippen molar-refractivity contribution in [3.8, 4) is 0 Å². The number of aliphatic hydroxyl groups is 1. The zero-order valence-electron chi connectivity index (χ0n) is 18.8. The third-order valence-corrected chi connectivity index (χ3v) is 4.75. The minimum absolute atomic E-state index is 0.0222. The van der Waals surface area contributed by atoms with E-state index in [0.717, 1.165) is 22.4 Å². The van der Waals surface area contributed by atoms with Crippen LogP contribution in [0.3, 0.4) is 0 Å². The molecular weight excluding hydrogens is 432 g/mol. The Morgan fingerprint density at radius 1 is 1.00 bits per heavy atom. The summed E-state index contributed by atoms with van der Waals surface area (Å²) in [7, 11) is 1.55. The molecule has 6 N–H and O–H groups in total. The molecule has 0 heterocycles. The molecule has 2 aromatic rings. The van der Waals surface area contributed by atoms with E-state index in [0.29, 0.717) is 11.3 Å². The standard InChI is InChI=1S/C22H30N4O7/c1-14-10-16(20(12-27)26-30)4-6-18(14)24-13-33-32-9-8-31-22(29)25-19-7-5-17(11-15(19)2)21(28)23-3/h4-7,10-11,20,24,26-27,30H,8-9,12-13H2,1-3H3,(H,23,28)(H,25,29). The fourth-order valence-electron chi connectivity index (χ4n) is 2.93. The summed E-state index contributed by atoms with van der Waals surface area (Å²) in [5.74, 6) is -0.208. The van der Waals surface area contributed by atoms with Gasteiger partial charge in [-0.3, -0.25) is 10.1 Å². The van der Waals surface area contributed by atoms with Gasteiger partial charge in [-0.1, -0.05) is 12.1 Å². The predicted octanol–water partition coefficient (Wildman–Crippen LogP) is 2.24. The lowest BCUT2D eigenvalue weighted by atomic mass is 10.0. The fraction of sp³-hybridized carbons (Fsp3) is 0.364. The van der Waals surface area contributed by atoms with Crippen LogP contribution in [-0.2, 0) is 14.5 Å². The van der Waals surface area contributed by atoms with Crippen molar-refractivity contribution in [2.45, 2.75) is 19.9 Å². The minimum atomic E-state index is -0.651. The van der Waals surface area contributed by atoms with Gasteiger partial charge in [-0.25, -0.2) is 14.6 Å². The van der Waals surface area contributed by atoms with E-state index in [2.05, 4.69) is 16.0 Å². The Bertz CT molecular complexity index is 935. The van der Waals surface area contributed by atoms with Gasteiger partial charge in [0.05, 0.1) is 12.6 Å². The van der Waals surface area contributed by atoms with Crippen molar-refractivity contribution in [1.82, 2.24) is 10.8 Å². The van der Waals surface area contributed by atoms with Crippen molar-refractivity contribution >= 4 is 23.4 Å². The number of benzene rings is 2. The van der Waals surface area contributed by atoms with Crippen molar-refractivity contribution in [1.29, 1.82) is 0 Å². The van der Waals surface area contributed by atoms with E-state index < -0.39 is 12.1 Å². The Balaban J connectivity index is 1.65. The van der Waals surface area contributed by atoms with E-state index >= 15 is 0 Å². The molecule has 0 fully saturated rings. The highest BCUT2D eigenvalue weighted by Crippen LogP contribution is 2.21. The van der Waals surface area contributed by atoms with E-state index in [9.17, 15) is 14.7 Å². The number of carbonyl (C=O) groups is 2. The lowest BCUT2D eigenvalue weighted by Gasteiger charge is -2.15. The molecule has 1 unspecified atom stereocenters. The molecule has 0 saturated heterocycles. The Hall–Kier alpha value is -3.22. The molecule has 180 valence electrons. The molecular formula is C22H30N4O7. The number of hydrogen-bond donors (Lipinski definition) is 6. The SMILES string of the molecule is CNC(=O)c1ccc(NC(=O)OCCOOCNc2ccc(C(CO)NO)cc2C)c(C)c1. The van der Waals surface area contributed by atoms with Gasteiger partial charge in [-0.15, -0.1) is 0 Å². The third kappa shape index (κ3) is 8.00.